The summed E-state index contributed by atoms with van der Waals surface area (Å²) >= 11 is 0. The van der Waals surface area contributed by atoms with E-state index in [0.717, 1.165) is 0 Å². The molecule has 4 aliphatic carbocycles. The Morgan fingerprint density at radius 3 is 2.06 bits per heavy atom. The van der Waals surface area contributed by atoms with Crippen molar-refractivity contribution in [3.8, 4) is 0 Å². The predicted molar refractivity (Wildman–Crippen MR) is 113 cm³/mol. The number of fused-ring (bicyclic) bond motifs is 2. The maximum absolute atomic E-state index is 12.2. The van der Waals surface area contributed by atoms with Crippen LogP contribution < -0.4 is 0 Å². The van der Waals surface area contributed by atoms with Crippen LogP contribution in [0.15, 0.2) is 0 Å². The van der Waals surface area contributed by atoms with E-state index in [2.05, 4.69) is 0 Å². The van der Waals surface area contributed by atoms with Crippen LogP contribution in [0.4, 0.5) is 0 Å². The molecule has 4 fully saturated rings. The fourth-order valence-electron chi connectivity index (χ4n) is 8.44. The van der Waals surface area contributed by atoms with Crippen molar-refractivity contribution in [3.63, 3.8) is 0 Å². The Kier molecular flexibility index (Phi) is 5.16. The lowest BCUT2D eigenvalue weighted by Crippen LogP contribution is -2.61. The smallest absolute Gasteiger partial charge is 0.303 e. The average molecular weight is 455 g/mol. The molecule has 0 aromatic heterocycles. The molecule has 1 spiro atoms. The molecule has 4 aliphatic rings. The van der Waals surface area contributed by atoms with Gasteiger partial charge < -0.3 is 29.9 Å². The van der Waals surface area contributed by atoms with Crippen LogP contribution in [-0.4, -0.2) is 67.5 Å². The third-order valence-corrected chi connectivity index (χ3v) is 9.80. The number of hydrogen-bond acceptors (Lipinski definition) is 8. The van der Waals surface area contributed by atoms with E-state index in [1.165, 1.54) is 13.8 Å². The van der Waals surface area contributed by atoms with Gasteiger partial charge in [0.1, 0.15) is 17.8 Å². The van der Waals surface area contributed by atoms with Gasteiger partial charge in [-0.15, -0.1) is 0 Å². The molecule has 8 heteroatoms. The second-order valence-corrected chi connectivity index (χ2v) is 11.9. The van der Waals surface area contributed by atoms with Gasteiger partial charge in [0, 0.05) is 36.5 Å². The van der Waals surface area contributed by atoms with Gasteiger partial charge in [0.2, 0.25) is 0 Å². The molecule has 0 radical (unpaired) electrons. The quantitative estimate of drug-likeness (QED) is 0.459. The summed E-state index contributed by atoms with van der Waals surface area (Å²) in [7, 11) is 0. The molecule has 0 heterocycles. The van der Waals surface area contributed by atoms with Crippen LogP contribution in [0.5, 0.6) is 0 Å². The molecule has 4 N–H and O–H groups in total. The summed E-state index contributed by atoms with van der Waals surface area (Å²) in [6, 6.07) is 0. The van der Waals surface area contributed by atoms with Crippen LogP contribution >= 0.6 is 0 Å². The molecule has 0 aromatic carbocycles. The first-order valence-corrected chi connectivity index (χ1v) is 11.7. The Morgan fingerprint density at radius 1 is 0.906 bits per heavy atom. The summed E-state index contributed by atoms with van der Waals surface area (Å²) in [5.41, 5.74) is -6.25. The number of ether oxygens (including phenoxy) is 2. The molecule has 0 saturated heterocycles. The number of carbonyl (C=O) groups is 2. The molecule has 182 valence electrons. The fourth-order valence-corrected chi connectivity index (χ4v) is 8.44. The first kappa shape index (κ1) is 23.9. The lowest BCUT2D eigenvalue weighted by Gasteiger charge is -2.51. The number of carbonyl (C=O) groups excluding carboxylic acids is 2. The Labute approximate surface area is 189 Å². The lowest BCUT2D eigenvalue weighted by molar-refractivity contribution is -0.213. The summed E-state index contributed by atoms with van der Waals surface area (Å²) in [5.74, 6) is -2.56. The molecule has 8 nitrogen and oxygen atoms in total. The summed E-state index contributed by atoms with van der Waals surface area (Å²) in [5, 5.41) is 46.6. The SMILES string of the molecule is CC(=O)OC1[C@H]2CC[C@H]3C(C)(O)[C@@H]4C[C@H](O)C(C)(C)[C@@]4(O)[C@H](OC(C)=O)C[C@@]13C[C@@]2(C)O. The minimum Gasteiger partial charge on any atom is -0.462 e. The van der Waals surface area contributed by atoms with Crippen molar-refractivity contribution in [2.75, 3.05) is 0 Å². The Balaban J connectivity index is 1.95. The zero-order valence-electron chi connectivity index (χ0n) is 19.9. The maximum Gasteiger partial charge on any atom is 0.303 e. The van der Waals surface area contributed by atoms with Gasteiger partial charge in [-0.25, -0.2) is 0 Å². The molecule has 2 unspecified atom stereocenters. The number of hydrogen-bond donors (Lipinski definition) is 4. The van der Waals surface area contributed by atoms with Crippen LogP contribution in [0.1, 0.15) is 73.6 Å². The standard InChI is InChI=1S/C24H38O8/c1-12(25)31-18-10-23-11-21(5,28)14(19(23)32-13(2)26)7-8-15(23)22(6,29)16-9-17(27)20(3,4)24(16,18)30/h14-19,27-30H,7-11H2,1-6H3/t14-,15+,16+,17+,18-,19?,21-,22?,23+,24+/m1/s1. The minimum atomic E-state index is -1.71. The molecule has 10 atom stereocenters. The van der Waals surface area contributed by atoms with E-state index in [1.54, 1.807) is 27.7 Å². The van der Waals surface area contributed by atoms with Crippen molar-refractivity contribution < 1.29 is 39.5 Å². The van der Waals surface area contributed by atoms with Crippen LogP contribution in [0.3, 0.4) is 0 Å². The highest BCUT2D eigenvalue weighted by Crippen LogP contribution is 2.70. The van der Waals surface area contributed by atoms with Crippen LogP contribution in [0, 0.1) is 28.6 Å². The highest BCUT2D eigenvalue weighted by atomic mass is 16.6. The Bertz CT molecular complexity index is 819. The van der Waals surface area contributed by atoms with Crippen LogP contribution in [-0.2, 0) is 19.1 Å². The monoisotopic (exact) mass is 454 g/mol. The molecule has 4 rings (SSSR count). The zero-order chi connectivity index (χ0) is 24.1. The average Bonchev–Trinajstić information content (AvgIpc) is 2.86. The van der Waals surface area contributed by atoms with Crippen molar-refractivity contribution in [1.82, 2.24) is 0 Å². The highest BCUT2D eigenvalue weighted by molar-refractivity contribution is 5.67. The number of aliphatic hydroxyl groups is 4. The van der Waals surface area contributed by atoms with Gasteiger partial charge in [0.25, 0.3) is 0 Å². The Hall–Kier alpha value is -1.22. The second-order valence-electron chi connectivity index (χ2n) is 11.9. The lowest BCUT2D eigenvalue weighted by atomic mass is 9.57. The van der Waals surface area contributed by atoms with E-state index in [-0.39, 0.29) is 25.2 Å². The van der Waals surface area contributed by atoms with Gasteiger partial charge in [-0.3, -0.25) is 9.59 Å². The van der Waals surface area contributed by atoms with Gasteiger partial charge in [-0.2, -0.15) is 0 Å². The molecule has 4 saturated carbocycles. The van der Waals surface area contributed by atoms with Crippen molar-refractivity contribution in [1.29, 1.82) is 0 Å². The molecule has 0 aromatic rings. The third kappa shape index (κ3) is 2.88. The maximum atomic E-state index is 12.2. The van der Waals surface area contributed by atoms with Gasteiger partial charge in [0.05, 0.1) is 17.3 Å². The molecule has 0 amide bonds. The van der Waals surface area contributed by atoms with E-state index < -0.39 is 69.7 Å². The molecule has 2 bridgehead atoms. The van der Waals surface area contributed by atoms with Gasteiger partial charge in [0.15, 0.2) is 0 Å². The normalized spacial score (nSPS) is 53.7. The summed E-state index contributed by atoms with van der Waals surface area (Å²) in [6.07, 6.45) is -0.950. The number of rotatable bonds is 2. The predicted octanol–water partition coefficient (Wildman–Crippen LogP) is 1.31. The van der Waals surface area contributed by atoms with E-state index in [0.29, 0.717) is 12.8 Å². The topological polar surface area (TPSA) is 134 Å². The third-order valence-electron chi connectivity index (χ3n) is 9.80. The van der Waals surface area contributed by atoms with Crippen molar-refractivity contribution in [3.05, 3.63) is 0 Å². The summed E-state index contributed by atoms with van der Waals surface area (Å²) < 4.78 is 11.6. The highest BCUT2D eigenvalue weighted by Gasteiger charge is 2.77. The van der Waals surface area contributed by atoms with E-state index in [1.807, 2.05) is 0 Å². The summed E-state index contributed by atoms with van der Waals surface area (Å²) in [4.78, 5) is 24.3. The van der Waals surface area contributed by atoms with E-state index in [4.69, 9.17) is 9.47 Å². The Morgan fingerprint density at radius 2 is 1.50 bits per heavy atom. The van der Waals surface area contributed by atoms with E-state index in [9.17, 15) is 30.0 Å². The molecule has 32 heavy (non-hydrogen) atoms. The first-order valence-electron chi connectivity index (χ1n) is 11.7. The van der Waals surface area contributed by atoms with Crippen LogP contribution in [0.2, 0.25) is 0 Å². The van der Waals surface area contributed by atoms with Gasteiger partial charge >= 0.3 is 11.9 Å². The van der Waals surface area contributed by atoms with Gasteiger partial charge in [-0.1, -0.05) is 13.8 Å². The van der Waals surface area contributed by atoms with Crippen LogP contribution in [0.25, 0.3) is 0 Å². The minimum absolute atomic E-state index is 0.126. The fraction of sp³-hybridized carbons (Fsp3) is 0.917. The van der Waals surface area contributed by atoms with Gasteiger partial charge in [-0.05, 0) is 51.9 Å². The molecular weight excluding hydrogens is 416 g/mol. The second kappa shape index (κ2) is 6.90. The first-order chi connectivity index (χ1) is 14.5. The number of esters is 2. The summed E-state index contributed by atoms with van der Waals surface area (Å²) in [6.45, 7) is 9.47. The molecular formula is C24H38O8. The largest absolute Gasteiger partial charge is 0.462 e. The van der Waals surface area contributed by atoms with Crippen molar-refractivity contribution in [2.45, 2.75) is 109 Å². The molecule has 0 aliphatic heterocycles. The van der Waals surface area contributed by atoms with Crippen molar-refractivity contribution in [2.24, 2.45) is 28.6 Å². The number of aliphatic hydroxyl groups excluding tert-OH is 1. The van der Waals surface area contributed by atoms with Crippen molar-refractivity contribution >= 4 is 11.9 Å². The zero-order valence-corrected chi connectivity index (χ0v) is 19.9. The van der Waals surface area contributed by atoms with E-state index >= 15 is 0 Å².